The largest absolute Gasteiger partial charge is 0.484 e. The number of carbonyl (C=O) groups excluding carboxylic acids is 1. The van der Waals surface area contributed by atoms with Gasteiger partial charge in [0.1, 0.15) is 11.6 Å². The van der Waals surface area contributed by atoms with Gasteiger partial charge in [-0.05, 0) is 55.8 Å². The fourth-order valence-electron chi connectivity index (χ4n) is 3.38. The molecule has 2 heterocycles. The Morgan fingerprint density at radius 2 is 1.78 bits per heavy atom. The first kappa shape index (κ1) is 21.6. The lowest BCUT2D eigenvalue weighted by atomic mass is 10.2. The summed E-state index contributed by atoms with van der Waals surface area (Å²) in [5, 5.41) is 6.08. The summed E-state index contributed by atoms with van der Waals surface area (Å²) < 4.78 is 11.0. The maximum absolute atomic E-state index is 12.2. The molecule has 8 heteroatoms. The van der Waals surface area contributed by atoms with Gasteiger partial charge in [0.25, 0.3) is 5.91 Å². The van der Waals surface area contributed by atoms with E-state index in [2.05, 4.69) is 25.5 Å². The lowest BCUT2D eigenvalue weighted by Crippen LogP contribution is -2.36. The van der Waals surface area contributed by atoms with Crippen molar-refractivity contribution in [1.29, 1.82) is 0 Å². The van der Waals surface area contributed by atoms with E-state index in [1.165, 1.54) is 0 Å². The minimum Gasteiger partial charge on any atom is -0.484 e. The minimum atomic E-state index is -0.218. The molecule has 1 fully saturated rings. The predicted molar refractivity (Wildman–Crippen MR) is 125 cm³/mol. The van der Waals surface area contributed by atoms with Gasteiger partial charge in [-0.15, -0.1) is 0 Å². The summed E-state index contributed by atoms with van der Waals surface area (Å²) in [6.07, 6.45) is 0. The van der Waals surface area contributed by atoms with Crippen molar-refractivity contribution in [2.24, 2.45) is 0 Å². The molecule has 0 saturated carbocycles. The van der Waals surface area contributed by atoms with Crippen molar-refractivity contribution in [1.82, 2.24) is 9.97 Å². The molecule has 1 aliphatic heterocycles. The lowest BCUT2D eigenvalue weighted by molar-refractivity contribution is -0.118. The van der Waals surface area contributed by atoms with Crippen LogP contribution in [0.4, 0.5) is 23.1 Å². The molecule has 3 aromatic rings. The van der Waals surface area contributed by atoms with E-state index in [9.17, 15) is 4.79 Å². The summed E-state index contributed by atoms with van der Waals surface area (Å²) in [5.74, 6) is 1.88. The Morgan fingerprint density at radius 3 is 2.53 bits per heavy atom. The van der Waals surface area contributed by atoms with Crippen molar-refractivity contribution in [3.63, 3.8) is 0 Å². The summed E-state index contributed by atoms with van der Waals surface area (Å²) in [6.45, 7) is 6.92. The number of nitrogens with zero attached hydrogens (tertiary/aromatic N) is 3. The maximum Gasteiger partial charge on any atom is 0.262 e. The van der Waals surface area contributed by atoms with Crippen LogP contribution in [0.5, 0.6) is 5.75 Å². The van der Waals surface area contributed by atoms with E-state index >= 15 is 0 Å². The van der Waals surface area contributed by atoms with Crippen LogP contribution in [0.25, 0.3) is 0 Å². The van der Waals surface area contributed by atoms with Crippen LogP contribution in [0.1, 0.15) is 11.3 Å². The van der Waals surface area contributed by atoms with Crippen LogP contribution >= 0.6 is 0 Å². The Bertz CT molecular complexity index is 1070. The number of nitrogens with one attached hydrogen (secondary N) is 2. The zero-order chi connectivity index (χ0) is 22.3. The second-order valence-corrected chi connectivity index (χ2v) is 7.65. The summed E-state index contributed by atoms with van der Waals surface area (Å²) in [5.41, 5.74) is 3.49. The van der Waals surface area contributed by atoms with Crippen LogP contribution in [-0.2, 0) is 9.53 Å². The van der Waals surface area contributed by atoms with Gasteiger partial charge in [0.15, 0.2) is 6.61 Å². The molecule has 1 aliphatic rings. The normalized spacial score (nSPS) is 13.5. The SMILES string of the molecule is Cc1cccc(OCC(=O)Nc2ccc(Nc3nc(C)cc(N4CCOCC4)n3)cc2)c1. The van der Waals surface area contributed by atoms with E-state index in [1.54, 1.807) is 0 Å². The Morgan fingerprint density at radius 1 is 1.03 bits per heavy atom. The van der Waals surface area contributed by atoms with Gasteiger partial charge in [-0.2, -0.15) is 4.98 Å². The minimum absolute atomic E-state index is 0.0507. The first-order chi connectivity index (χ1) is 15.5. The third-order valence-corrected chi connectivity index (χ3v) is 4.96. The van der Waals surface area contributed by atoms with E-state index < -0.39 is 0 Å². The number of rotatable bonds is 7. The first-order valence-electron chi connectivity index (χ1n) is 10.6. The highest BCUT2D eigenvalue weighted by Gasteiger charge is 2.14. The highest BCUT2D eigenvalue weighted by Crippen LogP contribution is 2.21. The average Bonchev–Trinajstić information content (AvgIpc) is 2.79. The topological polar surface area (TPSA) is 88.6 Å². The molecule has 0 unspecified atom stereocenters. The van der Waals surface area contributed by atoms with Gasteiger partial charge < -0.3 is 25.0 Å². The lowest BCUT2D eigenvalue weighted by Gasteiger charge is -2.28. The van der Waals surface area contributed by atoms with Crippen LogP contribution < -0.4 is 20.3 Å². The van der Waals surface area contributed by atoms with Gasteiger partial charge in [0.05, 0.1) is 13.2 Å². The summed E-state index contributed by atoms with van der Waals surface area (Å²) in [6, 6.07) is 17.0. The molecule has 2 aromatic carbocycles. The van der Waals surface area contributed by atoms with Gasteiger partial charge in [-0.1, -0.05) is 12.1 Å². The van der Waals surface area contributed by atoms with Crippen molar-refractivity contribution in [2.75, 3.05) is 48.4 Å². The number of aromatic nitrogens is 2. The predicted octanol–water partition coefficient (Wildman–Crippen LogP) is 3.69. The number of anilines is 4. The molecule has 166 valence electrons. The zero-order valence-electron chi connectivity index (χ0n) is 18.3. The molecule has 0 atom stereocenters. The molecule has 0 aliphatic carbocycles. The molecule has 32 heavy (non-hydrogen) atoms. The van der Waals surface area contributed by atoms with Gasteiger partial charge >= 0.3 is 0 Å². The molecule has 1 amide bonds. The maximum atomic E-state index is 12.2. The van der Waals surface area contributed by atoms with E-state index in [-0.39, 0.29) is 12.5 Å². The number of hydrogen-bond acceptors (Lipinski definition) is 7. The van der Waals surface area contributed by atoms with E-state index in [4.69, 9.17) is 9.47 Å². The van der Waals surface area contributed by atoms with Crippen molar-refractivity contribution < 1.29 is 14.3 Å². The Labute approximate surface area is 187 Å². The van der Waals surface area contributed by atoms with Crippen LogP contribution in [0, 0.1) is 13.8 Å². The van der Waals surface area contributed by atoms with Gasteiger partial charge in [-0.3, -0.25) is 4.79 Å². The van der Waals surface area contributed by atoms with Crippen molar-refractivity contribution >= 4 is 29.0 Å². The summed E-state index contributed by atoms with van der Waals surface area (Å²) in [7, 11) is 0. The Balaban J connectivity index is 1.33. The summed E-state index contributed by atoms with van der Waals surface area (Å²) >= 11 is 0. The van der Waals surface area contributed by atoms with Crippen molar-refractivity contribution in [2.45, 2.75) is 13.8 Å². The van der Waals surface area contributed by atoms with Crippen molar-refractivity contribution in [3.05, 3.63) is 65.9 Å². The second-order valence-electron chi connectivity index (χ2n) is 7.65. The fraction of sp³-hybridized carbons (Fsp3) is 0.292. The Hall–Kier alpha value is -3.65. The quantitative estimate of drug-likeness (QED) is 0.587. The molecule has 8 nitrogen and oxygen atoms in total. The Kier molecular flexibility index (Phi) is 6.81. The van der Waals surface area contributed by atoms with Crippen LogP contribution in [0.2, 0.25) is 0 Å². The zero-order valence-corrected chi connectivity index (χ0v) is 18.3. The van der Waals surface area contributed by atoms with Gasteiger partial charge in [-0.25, -0.2) is 4.98 Å². The highest BCUT2D eigenvalue weighted by molar-refractivity contribution is 5.92. The molecule has 1 aromatic heterocycles. The second kappa shape index (κ2) is 10.1. The number of morpholine rings is 1. The van der Waals surface area contributed by atoms with Crippen molar-refractivity contribution in [3.8, 4) is 5.75 Å². The third kappa shape index (κ3) is 5.95. The highest BCUT2D eigenvalue weighted by atomic mass is 16.5. The molecule has 0 radical (unpaired) electrons. The number of aryl methyl sites for hydroxylation is 2. The van der Waals surface area contributed by atoms with E-state index in [0.29, 0.717) is 30.6 Å². The van der Waals surface area contributed by atoms with Crippen LogP contribution in [-0.4, -0.2) is 48.8 Å². The monoisotopic (exact) mass is 433 g/mol. The number of amides is 1. The standard InChI is InChI=1S/C24H27N5O3/c1-17-4-3-5-21(14-17)32-16-23(30)26-19-6-8-20(9-7-19)27-24-25-18(2)15-22(28-24)29-10-12-31-13-11-29/h3-9,14-15H,10-13,16H2,1-2H3,(H,26,30)(H,25,27,28). The van der Waals surface area contributed by atoms with Crippen LogP contribution in [0.3, 0.4) is 0 Å². The molecule has 0 spiro atoms. The fourth-order valence-corrected chi connectivity index (χ4v) is 3.38. The number of carbonyl (C=O) groups is 1. The van der Waals surface area contributed by atoms with E-state index in [1.807, 2.05) is 68.4 Å². The number of ether oxygens (including phenoxy) is 2. The van der Waals surface area contributed by atoms with Gasteiger partial charge in [0.2, 0.25) is 5.95 Å². The summed E-state index contributed by atoms with van der Waals surface area (Å²) in [4.78, 5) is 23.5. The van der Waals surface area contributed by atoms with Gasteiger partial charge in [0, 0.05) is 36.2 Å². The molecule has 4 rings (SSSR count). The average molecular weight is 434 g/mol. The first-order valence-corrected chi connectivity index (χ1v) is 10.6. The number of hydrogen-bond donors (Lipinski definition) is 2. The van der Waals surface area contributed by atoms with Crippen LogP contribution in [0.15, 0.2) is 54.6 Å². The molecule has 2 N–H and O–H groups in total. The number of benzene rings is 2. The van der Waals surface area contributed by atoms with E-state index in [0.717, 1.165) is 35.9 Å². The smallest absolute Gasteiger partial charge is 0.262 e. The molecular weight excluding hydrogens is 406 g/mol. The third-order valence-electron chi connectivity index (χ3n) is 4.96. The molecule has 1 saturated heterocycles. The molecule has 0 bridgehead atoms. The molecular formula is C24H27N5O3.